The average molecular weight is 475 g/mol. The Kier molecular flexibility index (Phi) is 19.2. The van der Waals surface area contributed by atoms with Crippen molar-refractivity contribution in [3.05, 3.63) is 35.4 Å². The van der Waals surface area contributed by atoms with E-state index < -0.39 is 0 Å². The van der Waals surface area contributed by atoms with E-state index in [2.05, 4.69) is 13.8 Å². The Morgan fingerprint density at radius 2 is 0.853 bits per heavy atom. The van der Waals surface area contributed by atoms with E-state index in [4.69, 9.17) is 9.47 Å². The molecule has 0 aromatic heterocycles. The summed E-state index contributed by atoms with van der Waals surface area (Å²) in [5, 5.41) is 0. The first-order valence-electron chi connectivity index (χ1n) is 14.1. The van der Waals surface area contributed by atoms with Crippen LogP contribution in [0.4, 0.5) is 0 Å². The molecule has 1 aromatic rings. The molecule has 0 atom stereocenters. The fourth-order valence-electron chi connectivity index (χ4n) is 4.09. The topological polar surface area (TPSA) is 52.6 Å². The van der Waals surface area contributed by atoms with Crippen molar-refractivity contribution in [3.8, 4) is 0 Å². The zero-order valence-electron chi connectivity index (χ0n) is 22.1. The Labute approximate surface area is 209 Å². The summed E-state index contributed by atoms with van der Waals surface area (Å²) in [6.07, 6.45) is 22.5. The molecule has 4 nitrogen and oxygen atoms in total. The summed E-state index contributed by atoms with van der Waals surface area (Å²) in [6, 6.07) is 6.64. The fraction of sp³-hybridized carbons (Fsp3) is 0.733. The predicted octanol–water partition coefficient (Wildman–Crippen LogP) is 9.06. The quantitative estimate of drug-likeness (QED) is 0.124. The van der Waals surface area contributed by atoms with Crippen molar-refractivity contribution in [1.82, 2.24) is 0 Å². The van der Waals surface area contributed by atoms with Crippen molar-refractivity contribution >= 4 is 11.9 Å². The molecular formula is C30H50O4. The number of carbonyl (C=O) groups is 2. The van der Waals surface area contributed by atoms with Crippen LogP contribution >= 0.6 is 0 Å². The van der Waals surface area contributed by atoms with Gasteiger partial charge in [-0.15, -0.1) is 0 Å². The van der Waals surface area contributed by atoms with Crippen LogP contribution in [0, 0.1) is 0 Å². The normalized spacial score (nSPS) is 10.9. The number of ether oxygens (including phenoxy) is 2. The first kappa shape index (κ1) is 30.2. The van der Waals surface area contributed by atoms with Crippen LogP contribution in [0.1, 0.15) is 150 Å². The molecule has 1 rings (SSSR count). The maximum absolute atomic E-state index is 12.3. The molecule has 194 valence electrons. The van der Waals surface area contributed by atoms with E-state index in [9.17, 15) is 9.59 Å². The van der Waals surface area contributed by atoms with Gasteiger partial charge in [-0.3, -0.25) is 0 Å². The van der Waals surface area contributed by atoms with Gasteiger partial charge in [-0.1, -0.05) is 123 Å². The Balaban J connectivity index is 2.04. The highest BCUT2D eigenvalue weighted by Gasteiger charge is 2.12. The van der Waals surface area contributed by atoms with E-state index in [-0.39, 0.29) is 11.9 Å². The van der Waals surface area contributed by atoms with Crippen molar-refractivity contribution in [2.45, 2.75) is 129 Å². The predicted molar refractivity (Wildman–Crippen MR) is 141 cm³/mol. The van der Waals surface area contributed by atoms with Gasteiger partial charge in [0.15, 0.2) is 0 Å². The van der Waals surface area contributed by atoms with Crippen LogP contribution < -0.4 is 0 Å². The van der Waals surface area contributed by atoms with Crippen LogP contribution in [-0.2, 0) is 9.47 Å². The Bertz CT molecular complexity index is 640. The minimum atomic E-state index is -0.377. The van der Waals surface area contributed by atoms with Crippen LogP contribution in [0.25, 0.3) is 0 Å². The van der Waals surface area contributed by atoms with Crippen molar-refractivity contribution in [2.24, 2.45) is 0 Å². The number of carbonyl (C=O) groups excluding carboxylic acids is 2. The molecule has 0 heterocycles. The first-order chi connectivity index (χ1) is 16.7. The molecule has 0 radical (unpaired) electrons. The number of esters is 2. The molecule has 0 spiro atoms. The molecule has 0 saturated carbocycles. The zero-order chi connectivity index (χ0) is 24.7. The smallest absolute Gasteiger partial charge is 0.338 e. The van der Waals surface area contributed by atoms with Crippen molar-refractivity contribution < 1.29 is 19.1 Å². The Morgan fingerprint density at radius 1 is 0.529 bits per heavy atom. The zero-order valence-corrected chi connectivity index (χ0v) is 22.1. The lowest BCUT2D eigenvalue weighted by atomic mass is 10.0. The SMILES string of the molecule is CCCCCCCCCCCCCCCCOC(=O)c1cccc(C(=O)OCCCCCC)c1. The van der Waals surface area contributed by atoms with Gasteiger partial charge in [0.05, 0.1) is 24.3 Å². The molecule has 0 aliphatic carbocycles. The minimum absolute atomic E-state index is 0.368. The van der Waals surface area contributed by atoms with Crippen LogP contribution in [0.3, 0.4) is 0 Å². The molecule has 0 saturated heterocycles. The summed E-state index contributed by atoms with van der Waals surface area (Å²) in [6.45, 7) is 5.27. The molecule has 0 fully saturated rings. The second-order valence-corrected chi connectivity index (χ2v) is 9.51. The number of benzene rings is 1. The Morgan fingerprint density at radius 3 is 1.24 bits per heavy atom. The molecule has 0 bridgehead atoms. The molecule has 0 N–H and O–H groups in total. The number of unbranched alkanes of at least 4 members (excludes halogenated alkanes) is 16. The standard InChI is InChI=1S/C30H50O4/c1-3-5-7-9-10-11-12-13-14-15-16-17-18-20-25-34-30(32)28-23-21-22-27(26-28)29(31)33-24-19-8-6-4-2/h21-23,26H,3-20,24-25H2,1-2H3. The monoisotopic (exact) mass is 474 g/mol. The Hall–Kier alpha value is -1.84. The summed E-state index contributed by atoms with van der Waals surface area (Å²) in [5.41, 5.74) is 0.812. The van der Waals surface area contributed by atoms with E-state index in [1.165, 1.54) is 77.0 Å². The number of rotatable bonds is 22. The number of hydrogen-bond donors (Lipinski definition) is 0. The van der Waals surface area contributed by atoms with Crippen LogP contribution in [0.15, 0.2) is 24.3 Å². The molecule has 34 heavy (non-hydrogen) atoms. The number of hydrogen-bond acceptors (Lipinski definition) is 4. The van der Waals surface area contributed by atoms with Crippen LogP contribution in [0.5, 0.6) is 0 Å². The third-order valence-electron chi connectivity index (χ3n) is 6.30. The molecule has 0 aliphatic rings. The van der Waals surface area contributed by atoms with Crippen LogP contribution in [0.2, 0.25) is 0 Å². The van der Waals surface area contributed by atoms with Gasteiger partial charge in [-0.25, -0.2) is 9.59 Å². The molecule has 4 heteroatoms. The van der Waals surface area contributed by atoms with Gasteiger partial charge in [0.2, 0.25) is 0 Å². The van der Waals surface area contributed by atoms with Crippen molar-refractivity contribution in [1.29, 1.82) is 0 Å². The lowest BCUT2D eigenvalue weighted by molar-refractivity contribution is 0.0496. The molecule has 0 unspecified atom stereocenters. The van der Waals surface area contributed by atoms with Gasteiger partial charge in [-0.05, 0) is 31.0 Å². The summed E-state index contributed by atoms with van der Waals surface area (Å²) in [5.74, 6) is -0.745. The lowest BCUT2D eigenvalue weighted by Crippen LogP contribution is -2.10. The molecule has 0 amide bonds. The van der Waals surface area contributed by atoms with Gasteiger partial charge < -0.3 is 9.47 Å². The maximum Gasteiger partial charge on any atom is 0.338 e. The highest BCUT2D eigenvalue weighted by atomic mass is 16.5. The molecule has 1 aromatic carbocycles. The second kappa shape index (κ2) is 21.7. The molecular weight excluding hydrogens is 424 g/mol. The van der Waals surface area contributed by atoms with E-state index in [1.54, 1.807) is 24.3 Å². The third kappa shape index (κ3) is 15.9. The van der Waals surface area contributed by atoms with E-state index in [1.807, 2.05) is 0 Å². The van der Waals surface area contributed by atoms with Crippen molar-refractivity contribution in [2.75, 3.05) is 13.2 Å². The fourth-order valence-corrected chi connectivity index (χ4v) is 4.09. The minimum Gasteiger partial charge on any atom is -0.462 e. The van der Waals surface area contributed by atoms with Gasteiger partial charge in [0, 0.05) is 0 Å². The van der Waals surface area contributed by atoms with Gasteiger partial charge in [-0.2, -0.15) is 0 Å². The van der Waals surface area contributed by atoms with Crippen molar-refractivity contribution in [3.63, 3.8) is 0 Å². The largest absolute Gasteiger partial charge is 0.462 e. The average Bonchev–Trinajstić information content (AvgIpc) is 2.86. The highest BCUT2D eigenvalue weighted by molar-refractivity contribution is 5.95. The summed E-state index contributed by atoms with van der Waals surface area (Å²) >= 11 is 0. The van der Waals surface area contributed by atoms with E-state index in [0.717, 1.165) is 38.5 Å². The van der Waals surface area contributed by atoms with E-state index in [0.29, 0.717) is 24.3 Å². The third-order valence-corrected chi connectivity index (χ3v) is 6.30. The first-order valence-corrected chi connectivity index (χ1v) is 14.1. The van der Waals surface area contributed by atoms with Gasteiger partial charge >= 0.3 is 11.9 Å². The summed E-state index contributed by atoms with van der Waals surface area (Å²) in [4.78, 5) is 24.5. The van der Waals surface area contributed by atoms with Crippen LogP contribution in [-0.4, -0.2) is 25.2 Å². The highest BCUT2D eigenvalue weighted by Crippen LogP contribution is 2.14. The van der Waals surface area contributed by atoms with E-state index >= 15 is 0 Å². The summed E-state index contributed by atoms with van der Waals surface area (Å²) in [7, 11) is 0. The second-order valence-electron chi connectivity index (χ2n) is 9.51. The maximum atomic E-state index is 12.3. The summed E-state index contributed by atoms with van der Waals surface area (Å²) < 4.78 is 10.7. The lowest BCUT2D eigenvalue weighted by Gasteiger charge is -2.08. The van der Waals surface area contributed by atoms with Gasteiger partial charge in [0.1, 0.15) is 0 Å². The molecule has 0 aliphatic heterocycles. The van der Waals surface area contributed by atoms with Gasteiger partial charge in [0.25, 0.3) is 0 Å².